The first-order valence-electron chi connectivity index (χ1n) is 5.82. The lowest BCUT2D eigenvalue weighted by molar-refractivity contribution is 0.0602. The number of nitrogens with two attached hydrogens (primary N) is 1. The van der Waals surface area contributed by atoms with E-state index in [0.717, 1.165) is 0 Å². The Kier molecular flexibility index (Phi) is 4.02. The van der Waals surface area contributed by atoms with Crippen molar-refractivity contribution in [2.45, 2.75) is 0 Å². The van der Waals surface area contributed by atoms with E-state index in [2.05, 4.69) is 10.1 Å². The number of halogens is 3. The fraction of sp³-hybridized carbons (Fsp3) is 0.0714. The number of methoxy groups -OCH3 is 1. The highest BCUT2D eigenvalue weighted by molar-refractivity contribution is 5.98. The average molecular weight is 296 g/mol. The van der Waals surface area contributed by atoms with Gasteiger partial charge in [0, 0.05) is 12.1 Å². The molecule has 0 spiro atoms. The number of hydrogen-bond acceptors (Lipinski definition) is 4. The fourth-order valence-corrected chi connectivity index (χ4v) is 1.73. The lowest BCUT2D eigenvalue weighted by Gasteiger charge is -2.12. The lowest BCUT2D eigenvalue weighted by atomic mass is 10.1. The predicted molar refractivity (Wildman–Crippen MR) is 71.8 cm³/mol. The molecular formula is C14H11F3N2O2. The van der Waals surface area contributed by atoms with Gasteiger partial charge in [-0.05, 0) is 12.1 Å². The summed E-state index contributed by atoms with van der Waals surface area (Å²) in [7, 11) is 1.19. The molecule has 2 rings (SSSR count). The third-order valence-electron chi connectivity index (χ3n) is 2.79. The smallest absolute Gasteiger partial charge is 0.340 e. The SMILES string of the molecule is COC(=O)c1cccc(Nc2cc(F)c(F)cc2F)c1N. The average Bonchev–Trinajstić information content (AvgIpc) is 2.46. The number of carbonyl (C=O) groups is 1. The topological polar surface area (TPSA) is 64.3 Å². The second kappa shape index (κ2) is 5.74. The van der Waals surface area contributed by atoms with Crippen LogP contribution in [0, 0.1) is 17.5 Å². The standard InChI is InChI=1S/C14H11F3N2O2/c1-21-14(20)7-3-2-4-11(13(7)18)19-12-6-9(16)8(15)5-10(12)17/h2-6,19H,18H2,1H3. The molecular weight excluding hydrogens is 285 g/mol. The van der Waals surface area contributed by atoms with Crippen LogP contribution in [0.2, 0.25) is 0 Å². The van der Waals surface area contributed by atoms with E-state index in [1.807, 2.05) is 0 Å². The summed E-state index contributed by atoms with van der Waals surface area (Å²) in [4.78, 5) is 11.5. The highest BCUT2D eigenvalue weighted by Crippen LogP contribution is 2.29. The first-order chi connectivity index (χ1) is 9.93. The van der Waals surface area contributed by atoms with Gasteiger partial charge in [0.2, 0.25) is 0 Å². The molecule has 0 aliphatic rings. The summed E-state index contributed by atoms with van der Waals surface area (Å²) >= 11 is 0. The Balaban J connectivity index is 2.41. The molecule has 2 aromatic carbocycles. The molecule has 0 fully saturated rings. The van der Waals surface area contributed by atoms with Gasteiger partial charge in [-0.3, -0.25) is 0 Å². The quantitative estimate of drug-likeness (QED) is 0.518. The maximum atomic E-state index is 13.6. The molecule has 0 aromatic heterocycles. The van der Waals surface area contributed by atoms with Crippen LogP contribution in [-0.4, -0.2) is 13.1 Å². The van der Waals surface area contributed by atoms with Gasteiger partial charge in [0.15, 0.2) is 11.6 Å². The van der Waals surface area contributed by atoms with Crippen molar-refractivity contribution in [2.75, 3.05) is 18.2 Å². The van der Waals surface area contributed by atoms with Crippen molar-refractivity contribution in [3.63, 3.8) is 0 Å². The van der Waals surface area contributed by atoms with Crippen LogP contribution in [0.15, 0.2) is 30.3 Å². The van der Waals surface area contributed by atoms with Gasteiger partial charge in [-0.1, -0.05) is 6.07 Å². The first kappa shape index (κ1) is 14.7. The van der Waals surface area contributed by atoms with Crippen LogP contribution in [0.1, 0.15) is 10.4 Å². The highest BCUT2D eigenvalue weighted by atomic mass is 19.2. The maximum Gasteiger partial charge on any atom is 0.340 e. The summed E-state index contributed by atoms with van der Waals surface area (Å²) in [6.07, 6.45) is 0. The molecule has 2 aromatic rings. The normalized spacial score (nSPS) is 10.3. The van der Waals surface area contributed by atoms with Crippen molar-refractivity contribution in [2.24, 2.45) is 0 Å². The monoisotopic (exact) mass is 296 g/mol. The fourth-order valence-electron chi connectivity index (χ4n) is 1.73. The van der Waals surface area contributed by atoms with Crippen molar-refractivity contribution in [1.29, 1.82) is 0 Å². The Hall–Kier alpha value is -2.70. The van der Waals surface area contributed by atoms with Gasteiger partial charge in [-0.15, -0.1) is 0 Å². The maximum absolute atomic E-state index is 13.6. The van der Waals surface area contributed by atoms with Crippen molar-refractivity contribution < 1.29 is 22.7 Å². The third-order valence-corrected chi connectivity index (χ3v) is 2.79. The summed E-state index contributed by atoms with van der Waals surface area (Å²) in [5.74, 6) is -4.16. The molecule has 0 radical (unpaired) electrons. The van der Waals surface area contributed by atoms with E-state index in [0.29, 0.717) is 12.1 Å². The number of nitrogen functional groups attached to an aromatic ring is 1. The number of hydrogen-bond donors (Lipinski definition) is 2. The molecule has 0 aliphatic carbocycles. The molecule has 0 atom stereocenters. The van der Waals surface area contributed by atoms with E-state index in [1.165, 1.54) is 25.3 Å². The number of nitrogens with one attached hydrogen (secondary N) is 1. The van der Waals surface area contributed by atoms with Gasteiger partial charge < -0.3 is 15.8 Å². The Morgan fingerprint density at radius 1 is 1.10 bits per heavy atom. The summed E-state index contributed by atoms with van der Waals surface area (Å²) in [5, 5.41) is 2.51. The van der Waals surface area contributed by atoms with E-state index >= 15 is 0 Å². The van der Waals surface area contributed by atoms with Crippen LogP contribution in [-0.2, 0) is 4.74 Å². The minimum atomic E-state index is -1.30. The van der Waals surface area contributed by atoms with Crippen LogP contribution < -0.4 is 11.1 Å². The number of ether oxygens (including phenoxy) is 1. The second-order valence-corrected chi connectivity index (χ2v) is 4.13. The number of rotatable bonds is 3. The van der Waals surface area contributed by atoms with Crippen LogP contribution >= 0.6 is 0 Å². The molecule has 110 valence electrons. The van der Waals surface area contributed by atoms with Gasteiger partial charge in [-0.2, -0.15) is 0 Å². The zero-order valence-corrected chi connectivity index (χ0v) is 10.9. The Labute approximate surface area is 118 Å². The van der Waals surface area contributed by atoms with Gasteiger partial charge in [0.05, 0.1) is 29.7 Å². The summed E-state index contributed by atoms with van der Waals surface area (Å²) in [6.45, 7) is 0. The van der Waals surface area contributed by atoms with Crippen LogP contribution in [0.25, 0.3) is 0 Å². The zero-order chi connectivity index (χ0) is 15.6. The van der Waals surface area contributed by atoms with Crippen molar-refractivity contribution in [3.05, 3.63) is 53.3 Å². The molecule has 0 amide bonds. The van der Waals surface area contributed by atoms with E-state index in [4.69, 9.17) is 5.73 Å². The Morgan fingerprint density at radius 2 is 1.76 bits per heavy atom. The van der Waals surface area contributed by atoms with Crippen LogP contribution in [0.4, 0.5) is 30.2 Å². The summed E-state index contributed by atoms with van der Waals surface area (Å²) in [6, 6.07) is 5.45. The minimum absolute atomic E-state index is 0.00785. The molecule has 0 saturated heterocycles. The first-order valence-corrected chi connectivity index (χ1v) is 5.82. The predicted octanol–water partition coefficient (Wildman–Crippen LogP) is 3.22. The zero-order valence-electron chi connectivity index (χ0n) is 10.9. The minimum Gasteiger partial charge on any atom is -0.465 e. The van der Waals surface area contributed by atoms with Crippen molar-refractivity contribution >= 4 is 23.0 Å². The van der Waals surface area contributed by atoms with E-state index < -0.39 is 23.4 Å². The molecule has 0 heterocycles. The van der Waals surface area contributed by atoms with E-state index in [9.17, 15) is 18.0 Å². The largest absolute Gasteiger partial charge is 0.465 e. The Bertz CT molecular complexity index is 705. The van der Waals surface area contributed by atoms with E-state index in [-0.39, 0.29) is 22.6 Å². The van der Waals surface area contributed by atoms with Crippen LogP contribution in [0.3, 0.4) is 0 Å². The number of benzene rings is 2. The number of esters is 1. The molecule has 4 nitrogen and oxygen atoms in total. The molecule has 3 N–H and O–H groups in total. The molecule has 7 heteroatoms. The van der Waals surface area contributed by atoms with Crippen molar-refractivity contribution in [1.82, 2.24) is 0 Å². The van der Waals surface area contributed by atoms with Gasteiger partial charge in [0.1, 0.15) is 5.82 Å². The summed E-state index contributed by atoms with van der Waals surface area (Å²) in [5.41, 5.74) is 5.72. The van der Waals surface area contributed by atoms with E-state index in [1.54, 1.807) is 0 Å². The number of para-hydroxylation sites is 1. The molecule has 0 saturated carbocycles. The molecule has 0 unspecified atom stereocenters. The van der Waals surface area contributed by atoms with Crippen molar-refractivity contribution in [3.8, 4) is 0 Å². The van der Waals surface area contributed by atoms with Gasteiger partial charge >= 0.3 is 5.97 Å². The van der Waals surface area contributed by atoms with Crippen LogP contribution in [0.5, 0.6) is 0 Å². The number of carbonyl (C=O) groups excluding carboxylic acids is 1. The molecule has 0 aliphatic heterocycles. The second-order valence-electron chi connectivity index (χ2n) is 4.13. The molecule has 0 bridgehead atoms. The Morgan fingerprint density at radius 3 is 2.43 bits per heavy atom. The lowest BCUT2D eigenvalue weighted by Crippen LogP contribution is -2.08. The number of anilines is 3. The summed E-state index contributed by atoms with van der Waals surface area (Å²) < 4.78 is 44.1. The highest BCUT2D eigenvalue weighted by Gasteiger charge is 2.15. The molecule has 21 heavy (non-hydrogen) atoms. The van der Waals surface area contributed by atoms with Gasteiger partial charge in [0.25, 0.3) is 0 Å². The third kappa shape index (κ3) is 2.91. The van der Waals surface area contributed by atoms with Gasteiger partial charge in [-0.25, -0.2) is 18.0 Å².